The summed E-state index contributed by atoms with van der Waals surface area (Å²) in [5.41, 5.74) is 5.00. The van der Waals surface area contributed by atoms with Crippen molar-refractivity contribution in [3.05, 3.63) is 131 Å². The lowest BCUT2D eigenvalue weighted by Gasteiger charge is -2.35. The molecule has 0 saturated heterocycles. The highest BCUT2D eigenvalue weighted by Crippen LogP contribution is 2.29. The number of nitrogens with one attached hydrogen (secondary N) is 1. The van der Waals surface area contributed by atoms with Crippen molar-refractivity contribution < 1.29 is 18.0 Å². The summed E-state index contributed by atoms with van der Waals surface area (Å²) in [7, 11) is -4.15. The molecule has 1 fully saturated rings. The monoisotopic (exact) mass is 651 g/mol. The Morgan fingerprint density at radius 2 is 1.43 bits per heavy atom. The van der Waals surface area contributed by atoms with E-state index in [4.69, 9.17) is 0 Å². The molecule has 2 amide bonds. The van der Waals surface area contributed by atoms with Crippen molar-refractivity contribution in [3.8, 4) is 0 Å². The van der Waals surface area contributed by atoms with Crippen molar-refractivity contribution in [2.24, 2.45) is 0 Å². The van der Waals surface area contributed by atoms with Crippen molar-refractivity contribution in [2.45, 2.75) is 82.8 Å². The highest BCUT2D eigenvalue weighted by Gasteiger charge is 2.36. The Morgan fingerprint density at radius 1 is 0.809 bits per heavy atom. The molecular formula is C39H45N3O4S. The molecule has 0 aromatic heterocycles. The van der Waals surface area contributed by atoms with Gasteiger partial charge in [0.1, 0.15) is 12.6 Å². The van der Waals surface area contributed by atoms with Crippen LogP contribution in [0.4, 0.5) is 5.69 Å². The van der Waals surface area contributed by atoms with Crippen molar-refractivity contribution in [2.75, 3.05) is 10.8 Å². The fourth-order valence-electron chi connectivity index (χ4n) is 6.30. The Morgan fingerprint density at radius 3 is 2.09 bits per heavy atom. The molecule has 1 aliphatic rings. The fraction of sp³-hybridized carbons (Fsp3) is 0.333. The van der Waals surface area contributed by atoms with Crippen LogP contribution >= 0.6 is 0 Å². The number of carbonyl (C=O) groups excluding carboxylic acids is 2. The Balaban J connectivity index is 1.59. The van der Waals surface area contributed by atoms with Crippen molar-refractivity contribution in [1.82, 2.24) is 10.2 Å². The number of para-hydroxylation sites is 1. The van der Waals surface area contributed by atoms with Crippen LogP contribution < -0.4 is 9.62 Å². The van der Waals surface area contributed by atoms with Gasteiger partial charge in [-0.1, -0.05) is 110 Å². The summed E-state index contributed by atoms with van der Waals surface area (Å²) in [5, 5.41) is 3.23. The van der Waals surface area contributed by atoms with Crippen LogP contribution in [0.5, 0.6) is 0 Å². The van der Waals surface area contributed by atoms with Gasteiger partial charge in [-0.15, -0.1) is 0 Å². The Kier molecular flexibility index (Phi) is 11.1. The average molecular weight is 652 g/mol. The molecule has 0 radical (unpaired) electrons. The first-order valence-electron chi connectivity index (χ1n) is 16.5. The van der Waals surface area contributed by atoms with Gasteiger partial charge in [0.15, 0.2) is 0 Å². The molecule has 1 saturated carbocycles. The first-order valence-corrected chi connectivity index (χ1v) is 18.0. The van der Waals surface area contributed by atoms with E-state index in [0.29, 0.717) is 18.5 Å². The van der Waals surface area contributed by atoms with E-state index < -0.39 is 28.5 Å². The summed E-state index contributed by atoms with van der Waals surface area (Å²) in [6.07, 6.45) is 4.81. The Labute approximate surface area is 279 Å². The summed E-state index contributed by atoms with van der Waals surface area (Å²) in [6.45, 7) is 5.55. The minimum Gasteiger partial charge on any atom is -0.352 e. The molecule has 47 heavy (non-hydrogen) atoms. The summed E-state index contributed by atoms with van der Waals surface area (Å²) in [6, 6.07) is 30.6. The van der Waals surface area contributed by atoms with Gasteiger partial charge in [-0.2, -0.15) is 0 Å². The van der Waals surface area contributed by atoms with Gasteiger partial charge >= 0.3 is 0 Å². The summed E-state index contributed by atoms with van der Waals surface area (Å²) >= 11 is 0. The van der Waals surface area contributed by atoms with E-state index in [1.54, 1.807) is 41.3 Å². The van der Waals surface area contributed by atoms with Crippen LogP contribution in [0.15, 0.2) is 108 Å². The third-order valence-electron chi connectivity index (χ3n) is 9.10. The number of hydrogen-bond acceptors (Lipinski definition) is 4. The second kappa shape index (κ2) is 15.4. The van der Waals surface area contributed by atoms with Gasteiger partial charge in [-0.3, -0.25) is 13.9 Å². The second-order valence-corrected chi connectivity index (χ2v) is 14.3. The van der Waals surface area contributed by atoms with E-state index in [-0.39, 0.29) is 23.4 Å². The predicted octanol–water partition coefficient (Wildman–Crippen LogP) is 6.76. The van der Waals surface area contributed by atoms with Gasteiger partial charge in [0.2, 0.25) is 11.8 Å². The number of aryl methyl sites for hydroxylation is 3. The van der Waals surface area contributed by atoms with Gasteiger partial charge in [0.25, 0.3) is 10.0 Å². The van der Waals surface area contributed by atoms with Crippen molar-refractivity contribution in [1.29, 1.82) is 0 Å². The molecule has 5 rings (SSSR count). The smallest absolute Gasteiger partial charge is 0.264 e. The van der Waals surface area contributed by atoms with Gasteiger partial charge in [-0.05, 0) is 73.6 Å². The van der Waals surface area contributed by atoms with Crippen molar-refractivity contribution in [3.63, 3.8) is 0 Å². The lowest BCUT2D eigenvalue weighted by molar-refractivity contribution is -0.140. The number of anilines is 1. The van der Waals surface area contributed by atoms with E-state index in [1.807, 2.05) is 87.5 Å². The van der Waals surface area contributed by atoms with Crippen LogP contribution in [0.2, 0.25) is 0 Å². The van der Waals surface area contributed by atoms with Crippen molar-refractivity contribution >= 4 is 27.5 Å². The van der Waals surface area contributed by atoms with Crippen LogP contribution in [0.3, 0.4) is 0 Å². The maximum absolute atomic E-state index is 14.8. The largest absolute Gasteiger partial charge is 0.352 e. The number of benzene rings is 4. The molecule has 4 aromatic carbocycles. The molecule has 1 atom stereocenters. The normalized spacial score (nSPS) is 14.0. The van der Waals surface area contributed by atoms with Gasteiger partial charge in [0.05, 0.1) is 10.6 Å². The molecule has 7 nitrogen and oxygen atoms in total. The van der Waals surface area contributed by atoms with Crippen LogP contribution in [0.1, 0.15) is 60.4 Å². The third-order valence-corrected chi connectivity index (χ3v) is 10.9. The van der Waals surface area contributed by atoms with Crippen LogP contribution in [0.25, 0.3) is 0 Å². The van der Waals surface area contributed by atoms with Gasteiger partial charge < -0.3 is 10.2 Å². The Hall–Kier alpha value is -4.43. The average Bonchev–Trinajstić information content (AvgIpc) is 3.59. The number of hydrogen-bond donors (Lipinski definition) is 1. The number of amides is 2. The van der Waals surface area contributed by atoms with Gasteiger partial charge in [0, 0.05) is 19.0 Å². The molecule has 246 valence electrons. The standard InChI is InChI=1S/C39H45N3O4S/c1-4-32-17-10-13-21-36(32)42(47(45,46)35-24-22-29(2)23-25-35)28-38(43)41(27-33-18-9-8-14-30(33)3)37(26-31-15-6-5-7-16-31)39(44)40-34-19-11-12-20-34/h5-10,13-18,21-25,34,37H,4,11-12,19-20,26-28H2,1-3H3,(H,40,44)/t37-/m1/s1. The molecule has 0 aliphatic heterocycles. The molecule has 0 bridgehead atoms. The topological polar surface area (TPSA) is 86.8 Å². The van der Waals surface area contributed by atoms with E-state index in [9.17, 15) is 18.0 Å². The number of sulfonamides is 1. The first kappa shape index (κ1) is 33.9. The van der Waals surface area contributed by atoms with Gasteiger partial charge in [-0.25, -0.2) is 8.42 Å². The molecule has 0 unspecified atom stereocenters. The molecule has 1 N–H and O–H groups in total. The van der Waals surface area contributed by atoms with E-state index in [1.165, 1.54) is 4.31 Å². The minimum absolute atomic E-state index is 0.0611. The zero-order valence-electron chi connectivity index (χ0n) is 27.6. The van der Waals surface area contributed by atoms with E-state index in [2.05, 4.69) is 5.32 Å². The summed E-state index contributed by atoms with van der Waals surface area (Å²) < 4.78 is 30.0. The molecule has 1 aliphatic carbocycles. The maximum atomic E-state index is 14.8. The number of carbonyl (C=O) groups is 2. The minimum atomic E-state index is -4.15. The zero-order valence-corrected chi connectivity index (χ0v) is 28.4. The first-order chi connectivity index (χ1) is 22.7. The highest BCUT2D eigenvalue weighted by atomic mass is 32.2. The summed E-state index contributed by atoms with van der Waals surface area (Å²) in [5.74, 6) is -0.665. The lowest BCUT2D eigenvalue weighted by atomic mass is 10.0. The Bertz CT molecular complexity index is 1770. The third kappa shape index (κ3) is 8.30. The van der Waals surface area contributed by atoms with E-state index in [0.717, 1.165) is 53.5 Å². The lowest BCUT2D eigenvalue weighted by Crippen LogP contribution is -2.54. The number of nitrogens with zero attached hydrogens (tertiary/aromatic N) is 2. The molecule has 0 spiro atoms. The molecule has 4 aromatic rings. The quantitative estimate of drug-likeness (QED) is 0.173. The van der Waals surface area contributed by atoms with Crippen LogP contribution in [-0.2, 0) is 39.0 Å². The zero-order chi connectivity index (χ0) is 33.4. The molecular weight excluding hydrogens is 607 g/mol. The maximum Gasteiger partial charge on any atom is 0.264 e. The summed E-state index contributed by atoms with van der Waals surface area (Å²) in [4.78, 5) is 30.7. The molecule has 0 heterocycles. The SMILES string of the molecule is CCc1ccccc1N(CC(=O)N(Cc1ccccc1C)[C@H](Cc1ccccc1)C(=O)NC1CCCC1)S(=O)(=O)c1ccc(C)cc1. The van der Waals surface area contributed by atoms with Crippen LogP contribution in [-0.4, -0.2) is 43.8 Å². The number of rotatable bonds is 13. The molecule has 8 heteroatoms. The highest BCUT2D eigenvalue weighted by molar-refractivity contribution is 7.92. The van der Waals surface area contributed by atoms with Crippen LogP contribution in [0, 0.1) is 13.8 Å². The van der Waals surface area contributed by atoms with E-state index >= 15 is 0 Å². The predicted molar refractivity (Wildman–Crippen MR) is 188 cm³/mol. The second-order valence-electron chi connectivity index (χ2n) is 12.5. The fourth-order valence-corrected chi connectivity index (χ4v) is 7.75.